The Hall–Kier alpha value is -0.640. The van der Waals surface area contributed by atoms with Gasteiger partial charge >= 0.3 is 6.09 Å². The fourth-order valence-electron chi connectivity index (χ4n) is 0.0921. The first-order valence-corrected chi connectivity index (χ1v) is 2.41. The van der Waals surface area contributed by atoms with Gasteiger partial charge in [-0.05, 0) is 17.4 Å². The third kappa shape index (κ3) is 5.36. The SMILES string of the molecule is C=CSNC(=O)O. The zero-order valence-electron chi connectivity index (χ0n) is 3.55. The number of amides is 1. The van der Waals surface area contributed by atoms with Gasteiger partial charge in [0, 0.05) is 0 Å². The molecule has 40 valence electrons. The second kappa shape index (κ2) is 3.55. The van der Waals surface area contributed by atoms with Gasteiger partial charge in [0.15, 0.2) is 0 Å². The van der Waals surface area contributed by atoms with Crippen molar-refractivity contribution in [2.45, 2.75) is 0 Å². The van der Waals surface area contributed by atoms with E-state index in [4.69, 9.17) is 5.11 Å². The molecular weight excluding hydrogens is 114 g/mol. The van der Waals surface area contributed by atoms with E-state index in [1.165, 1.54) is 5.41 Å². The highest BCUT2D eigenvalue weighted by atomic mass is 32.2. The molecule has 0 aliphatic rings. The van der Waals surface area contributed by atoms with E-state index in [1.807, 2.05) is 4.72 Å². The minimum atomic E-state index is -1.05. The topological polar surface area (TPSA) is 49.3 Å². The predicted molar refractivity (Wildman–Crippen MR) is 28.9 cm³/mol. The summed E-state index contributed by atoms with van der Waals surface area (Å²) in [6.45, 7) is 3.27. The molecular formula is C3H5NO2S. The van der Waals surface area contributed by atoms with Crippen LogP contribution in [0, 0.1) is 0 Å². The van der Waals surface area contributed by atoms with E-state index in [9.17, 15) is 4.79 Å². The summed E-state index contributed by atoms with van der Waals surface area (Å²) >= 11 is 0.931. The van der Waals surface area contributed by atoms with Crippen LogP contribution < -0.4 is 4.72 Å². The third-order valence-electron chi connectivity index (χ3n) is 0.230. The van der Waals surface area contributed by atoms with Gasteiger partial charge in [-0.1, -0.05) is 6.58 Å². The van der Waals surface area contributed by atoms with Gasteiger partial charge in [0.25, 0.3) is 0 Å². The Balaban J connectivity index is 2.97. The Kier molecular flexibility index (Phi) is 3.22. The molecule has 0 spiro atoms. The Morgan fingerprint density at radius 3 is 2.71 bits per heavy atom. The van der Waals surface area contributed by atoms with Gasteiger partial charge in [-0.25, -0.2) is 4.79 Å². The van der Waals surface area contributed by atoms with Gasteiger partial charge < -0.3 is 5.11 Å². The lowest BCUT2D eigenvalue weighted by atomic mass is 11.3. The zero-order valence-corrected chi connectivity index (χ0v) is 4.36. The molecule has 3 nitrogen and oxygen atoms in total. The number of nitrogens with one attached hydrogen (secondary N) is 1. The van der Waals surface area contributed by atoms with E-state index in [0.717, 1.165) is 11.9 Å². The van der Waals surface area contributed by atoms with E-state index < -0.39 is 6.09 Å². The van der Waals surface area contributed by atoms with Crippen molar-refractivity contribution in [3.63, 3.8) is 0 Å². The van der Waals surface area contributed by atoms with Crippen LogP contribution in [0.2, 0.25) is 0 Å². The first-order chi connectivity index (χ1) is 3.27. The van der Waals surface area contributed by atoms with E-state index in [2.05, 4.69) is 6.58 Å². The second-order valence-corrected chi connectivity index (χ2v) is 1.46. The Morgan fingerprint density at radius 1 is 2.00 bits per heavy atom. The number of hydrogen-bond acceptors (Lipinski definition) is 2. The molecule has 4 heteroatoms. The summed E-state index contributed by atoms with van der Waals surface area (Å²) in [5.74, 6) is 0. The van der Waals surface area contributed by atoms with Gasteiger partial charge in [-0.2, -0.15) is 0 Å². The normalized spacial score (nSPS) is 7.43. The third-order valence-corrected chi connectivity index (χ3v) is 0.689. The number of hydrogen-bond donors (Lipinski definition) is 2. The number of carboxylic acid groups (broad SMARTS) is 1. The minimum absolute atomic E-state index is 0.931. The summed E-state index contributed by atoms with van der Waals surface area (Å²) in [6.07, 6.45) is -1.05. The van der Waals surface area contributed by atoms with Crippen LogP contribution in [0.1, 0.15) is 0 Å². The highest BCUT2D eigenvalue weighted by Gasteiger charge is 1.85. The van der Waals surface area contributed by atoms with Crippen molar-refractivity contribution in [1.29, 1.82) is 0 Å². The molecule has 0 heterocycles. The maximum atomic E-state index is 9.58. The van der Waals surface area contributed by atoms with Crippen LogP contribution in [-0.2, 0) is 0 Å². The summed E-state index contributed by atoms with van der Waals surface area (Å²) in [5.41, 5.74) is 0. The smallest absolute Gasteiger partial charge is 0.414 e. The average Bonchev–Trinajstić information content (AvgIpc) is 1.61. The molecule has 0 rings (SSSR count). The van der Waals surface area contributed by atoms with Crippen LogP contribution in [0.15, 0.2) is 12.0 Å². The number of rotatable bonds is 2. The first-order valence-electron chi connectivity index (χ1n) is 1.53. The standard InChI is InChI=1S/C3H5NO2S/c1-2-7-4-3(5)6/h2,4H,1H2,(H,5,6). The molecule has 0 aromatic heterocycles. The Labute approximate surface area is 45.5 Å². The molecule has 0 aliphatic carbocycles. The van der Waals surface area contributed by atoms with Crippen molar-refractivity contribution in [2.75, 3.05) is 0 Å². The minimum Gasteiger partial charge on any atom is -0.464 e. The lowest BCUT2D eigenvalue weighted by Crippen LogP contribution is -2.09. The molecule has 0 bridgehead atoms. The molecule has 0 saturated heterocycles. The van der Waals surface area contributed by atoms with Crippen molar-refractivity contribution >= 4 is 18.0 Å². The van der Waals surface area contributed by atoms with Gasteiger partial charge in [-0.3, -0.25) is 4.72 Å². The van der Waals surface area contributed by atoms with Crippen LogP contribution in [0.5, 0.6) is 0 Å². The fourth-order valence-corrected chi connectivity index (χ4v) is 0.276. The van der Waals surface area contributed by atoms with Crippen molar-refractivity contribution in [3.8, 4) is 0 Å². The molecule has 0 unspecified atom stereocenters. The summed E-state index contributed by atoms with van der Waals surface area (Å²) < 4.78 is 2.01. The molecule has 2 N–H and O–H groups in total. The molecule has 0 aromatic carbocycles. The molecule has 0 atom stereocenters. The Morgan fingerprint density at radius 2 is 2.57 bits per heavy atom. The van der Waals surface area contributed by atoms with Crippen LogP contribution in [0.4, 0.5) is 4.79 Å². The number of carbonyl (C=O) groups is 1. The van der Waals surface area contributed by atoms with Crippen molar-refractivity contribution < 1.29 is 9.90 Å². The zero-order chi connectivity index (χ0) is 5.70. The largest absolute Gasteiger partial charge is 0.464 e. The first kappa shape index (κ1) is 6.36. The van der Waals surface area contributed by atoms with Gasteiger partial charge in [-0.15, -0.1) is 0 Å². The maximum absolute atomic E-state index is 9.58. The van der Waals surface area contributed by atoms with Crippen LogP contribution in [-0.4, -0.2) is 11.2 Å². The van der Waals surface area contributed by atoms with Gasteiger partial charge in [0.2, 0.25) is 0 Å². The predicted octanol–water partition coefficient (Wildman–Crippen LogP) is 1.05. The highest BCUT2D eigenvalue weighted by molar-refractivity contribution is 8.00. The van der Waals surface area contributed by atoms with E-state index >= 15 is 0 Å². The molecule has 7 heavy (non-hydrogen) atoms. The summed E-state index contributed by atoms with van der Waals surface area (Å²) in [4.78, 5) is 9.58. The van der Waals surface area contributed by atoms with E-state index in [0.29, 0.717) is 0 Å². The van der Waals surface area contributed by atoms with Crippen molar-refractivity contribution in [3.05, 3.63) is 12.0 Å². The lowest BCUT2D eigenvalue weighted by Gasteiger charge is -1.87. The summed E-state index contributed by atoms with van der Waals surface area (Å²) in [5, 5.41) is 9.26. The van der Waals surface area contributed by atoms with Crippen LogP contribution >= 0.6 is 11.9 Å². The van der Waals surface area contributed by atoms with Crippen molar-refractivity contribution in [2.24, 2.45) is 0 Å². The lowest BCUT2D eigenvalue weighted by molar-refractivity contribution is 0.202. The van der Waals surface area contributed by atoms with Crippen LogP contribution in [0.25, 0.3) is 0 Å². The molecule has 0 fully saturated rings. The van der Waals surface area contributed by atoms with Gasteiger partial charge in [0.1, 0.15) is 0 Å². The van der Waals surface area contributed by atoms with Crippen molar-refractivity contribution in [1.82, 2.24) is 4.72 Å². The molecule has 0 aliphatic heterocycles. The molecule has 0 aromatic rings. The summed E-state index contributed by atoms with van der Waals surface area (Å²) in [6, 6.07) is 0. The van der Waals surface area contributed by atoms with E-state index in [-0.39, 0.29) is 0 Å². The van der Waals surface area contributed by atoms with E-state index in [1.54, 1.807) is 0 Å². The molecule has 0 saturated carbocycles. The molecule has 0 radical (unpaired) electrons. The average molecular weight is 119 g/mol. The van der Waals surface area contributed by atoms with Gasteiger partial charge in [0.05, 0.1) is 0 Å². The quantitative estimate of drug-likeness (QED) is 0.534. The fraction of sp³-hybridized carbons (Fsp3) is 0. The second-order valence-electron chi connectivity index (χ2n) is 0.692. The molecule has 1 amide bonds. The maximum Gasteiger partial charge on any atom is 0.414 e. The summed E-state index contributed by atoms with van der Waals surface area (Å²) in [7, 11) is 0. The monoisotopic (exact) mass is 119 g/mol. The highest BCUT2D eigenvalue weighted by Crippen LogP contribution is 1.89. The van der Waals surface area contributed by atoms with Crippen LogP contribution in [0.3, 0.4) is 0 Å². The Bertz CT molecular complexity index is 83.0.